The highest BCUT2D eigenvalue weighted by molar-refractivity contribution is 6.09. The van der Waals surface area contributed by atoms with Crippen LogP contribution in [0.4, 0.5) is 10.2 Å². The Kier molecular flexibility index (Phi) is 3.60. The maximum Gasteiger partial charge on any atom is 0.197 e. The highest BCUT2D eigenvalue weighted by Crippen LogP contribution is 2.16. The lowest BCUT2D eigenvalue weighted by atomic mass is 10.0. The molecular formula is C15H15FN2O. The van der Waals surface area contributed by atoms with Gasteiger partial charge in [-0.2, -0.15) is 0 Å². The zero-order valence-electron chi connectivity index (χ0n) is 11.1. The van der Waals surface area contributed by atoms with Crippen LogP contribution in [0, 0.1) is 12.7 Å². The van der Waals surface area contributed by atoms with Crippen LogP contribution >= 0.6 is 0 Å². The number of nitrogens with zero attached hydrogens (tertiary/aromatic N) is 2. The van der Waals surface area contributed by atoms with E-state index in [1.807, 2.05) is 19.0 Å². The summed E-state index contributed by atoms with van der Waals surface area (Å²) in [5.74, 6) is -0.0991. The van der Waals surface area contributed by atoms with Crippen LogP contribution in [0.25, 0.3) is 0 Å². The molecule has 3 nitrogen and oxygen atoms in total. The fraction of sp³-hybridized carbons (Fsp3) is 0.200. The van der Waals surface area contributed by atoms with Gasteiger partial charge < -0.3 is 4.90 Å². The van der Waals surface area contributed by atoms with E-state index in [9.17, 15) is 9.18 Å². The van der Waals surface area contributed by atoms with E-state index in [4.69, 9.17) is 0 Å². The quantitative estimate of drug-likeness (QED) is 0.794. The fourth-order valence-electron chi connectivity index (χ4n) is 1.74. The number of aromatic nitrogens is 1. The second-order valence-electron chi connectivity index (χ2n) is 4.61. The molecule has 0 amide bonds. The molecular weight excluding hydrogens is 243 g/mol. The first kappa shape index (κ1) is 13.2. The molecule has 1 aromatic carbocycles. The molecule has 0 aliphatic heterocycles. The fourth-order valence-corrected chi connectivity index (χ4v) is 1.74. The second kappa shape index (κ2) is 5.18. The van der Waals surface area contributed by atoms with E-state index in [1.54, 1.807) is 25.1 Å². The lowest BCUT2D eigenvalue weighted by Gasteiger charge is -2.11. The molecule has 2 aromatic rings. The zero-order valence-corrected chi connectivity index (χ0v) is 11.1. The zero-order chi connectivity index (χ0) is 14.0. The number of hydrogen-bond acceptors (Lipinski definition) is 3. The van der Waals surface area contributed by atoms with Gasteiger partial charge in [-0.05, 0) is 36.8 Å². The van der Waals surface area contributed by atoms with E-state index < -0.39 is 5.82 Å². The van der Waals surface area contributed by atoms with Crippen LogP contribution in [0.1, 0.15) is 21.5 Å². The monoisotopic (exact) mass is 258 g/mol. The Balaban J connectivity index is 2.33. The summed E-state index contributed by atoms with van der Waals surface area (Å²) in [5, 5.41) is 0. The number of anilines is 1. The summed E-state index contributed by atoms with van der Waals surface area (Å²) in [6.45, 7) is 1.78. The van der Waals surface area contributed by atoms with Crippen molar-refractivity contribution in [1.82, 2.24) is 4.98 Å². The number of rotatable bonds is 3. The Hall–Kier alpha value is -2.23. The third-order valence-electron chi connectivity index (χ3n) is 2.84. The lowest BCUT2D eigenvalue weighted by Crippen LogP contribution is -2.11. The van der Waals surface area contributed by atoms with Gasteiger partial charge in [0.25, 0.3) is 0 Å². The second-order valence-corrected chi connectivity index (χ2v) is 4.61. The van der Waals surface area contributed by atoms with Gasteiger partial charge in [-0.25, -0.2) is 9.37 Å². The minimum atomic E-state index is -0.498. The van der Waals surface area contributed by atoms with E-state index in [-0.39, 0.29) is 11.3 Å². The molecule has 0 atom stereocenters. The van der Waals surface area contributed by atoms with Crippen LogP contribution in [0.2, 0.25) is 0 Å². The third kappa shape index (κ3) is 2.78. The standard InChI is InChI=1S/C15H15FN2O/c1-10-4-6-12(13(16)8-10)15(19)11-5-7-14(17-9-11)18(2)3/h4-9H,1-3H3. The Morgan fingerprint density at radius 1 is 1.21 bits per heavy atom. The van der Waals surface area contributed by atoms with Crippen molar-refractivity contribution in [2.75, 3.05) is 19.0 Å². The first-order chi connectivity index (χ1) is 8.99. The molecule has 0 aliphatic rings. The van der Waals surface area contributed by atoms with E-state index in [0.29, 0.717) is 5.56 Å². The molecule has 0 unspecified atom stereocenters. The van der Waals surface area contributed by atoms with Gasteiger partial charge in [-0.3, -0.25) is 4.79 Å². The molecule has 98 valence electrons. The van der Waals surface area contributed by atoms with Gasteiger partial charge in [0, 0.05) is 25.9 Å². The van der Waals surface area contributed by atoms with Crippen LogP contribution in [0.3, 0.4) is 0 Å². The molecule has 0 bridgehead atoms. The molecule has 0 spiro atoms. The van der Waals surface area contributed by atoms with Crippen LogP contribution in [0.15, 0.2) is 36.5 Å². The van der Waals surface area contributed by atoms with E-state index >= 15 is 0 Å². The van der Waals surface area contributed by atoms with E-state index in [1.165, 1.54) is 18.3 Å². The maximum absolute atomic E-state index is 13.7. The van der Waals surface area contributed by atoms with Crippen molar-refractivity contribution in [1.29, 1.82) is 0 Å². The maximum atomic E-state index is 13.7. The van der Waals surface area contributed by atoms with Gasteiger partial charge >= 0.3 is 0 Å². The first-order valence-corrected chi connectivity index (χ1v) is 5.93. The number of hydrogen-bond donors (Lipinski definition) is 0. The number of benzene rings is 1. The molecule has 2 rings (SSSR count). The summed E-state index contributed by atoms with van der Waals surface area (Å²) < 4.78 is 13.7. The smallest absolute Gasteiger partial charge is 0.197 e. The molecule has 1 heterocycles. The van der Waals surface area contributed by atoms with Crippen LogP contribution in [-0.2, 0) is 0 Å². The van der Waals surface area contributed by atoms with Crippen molar-refractivity contribution < 1.29 is 9.18 Å². The van der Waals surface area contributed by atoms with Crippen LogP contribution in [-0.4, -0.2) is 24.9 Å². The minimum Gasteiger partial charge on any atom is -0.363 e. The third-order valence-corrected chi connectivity index (χ3v) is 2.84. The van der Waals surface area contributed by atoms with Gasteiger partial charge in [-0.1, -0.05) is 6.07 Å². The average Bonchev–Trinajstić information content (AvgIpc) is 2.38. The minimum absolute atomic E-state index is 0.0741. The van der Waals surface area contributed by atoms with Gasteiger partial charge in [0.2, 0.25) is 0 Å². The van der Waals surface area contributed by atoms with Crippen molar-refractivity contribution in [3.05, 3.63) is 59.0 Å². The van der Waals surface area contributed by atoms with E-state index in [2.05, 4.69) is 4.98 Å². The molecule has 0 N–H and O–H groups in total. The Bertz CT molecular complexity index is 606. The summed E-state index contributed by atoms with van der Waals surface area (Å²) in [6.07, 6.45) is 1.47. The van der Waals surface area contributed by atoms with Crippen molar-refractivity contribution >= 4 is 11.6 Å². The van der Waals surface area contributed by atoms with E-state index in [0.717, 1.165) is 11.4 Å². The summed E-state index contributed by atoms with van der Waals surface area (Å²) in [5.41, 5.74) is 1.24. The highest BCUT2D eigenvalue weighted by Gasteiger charge is 2.14. The molecule has 0 fully saturated rings. The first-order valence-electron chi connectivity index (χ1n) is 5.93. The molecule has 19 heavy (non-hydrogen) atoms. The van der Waals surface area contributed by atoms with Crippen molar-refractivity contribution in [2.45, 2.75) is 6.92 Å². The number of aryl methyl sites for hydroxylation is 1. The molecule has 0 aliphatic carbocycles. The van der Waals surface area contributed by atoms with Gasteiger partial charge in [-0.15, -0.1) is 0 Å². The summed E-state index contributed by atoms with van der Waals surface area (Å²) in [4.78, 5) is 18.2. The average molecular weight is 258 g/mol. The lowest BCUT2D eigenvalue weighted by molar-refractivity contribution is 0.103. The molecule has 4 heteroatoms. The van der Waals surface area contributed by atoms with Gasteiger partial charge in [0.1, 0.15) is 11.6 Å². The van der Waals surface area contributed by atoms with Gasteiger partial charge in [0.05, 0.1) is 5.56 Å². The van der Waals surface area contributed by atoms with Crippen LogP contribution in [0.5, 0.6) is 0 Å². The Labute approximate surface area is 111 Å². The largest absolute Gasteiger partial charge is 0.363 e. The Morgan fingerprint density at radius 2 is 1.95 bits per heavy atom. The van der Waals surface area contributed by atoms with Gasteiger partial charge in [0.15, 0.2) is 5.78 Å². The van der Waals surface area contributed by atoms with Crippen molar-refractivity contribution in [3.63, 3.8) is 0 Å². The summed E-state index contributed by atoms with van der Waals surface area (Å²) in [6, 6.07) is 7.98. The number of halogens is 1. The Morgan fingerprint density at radius 3 is 2.47 bits per heavy atom. The topological polar surface area (TPSA) is 33.2 Å². The number of carbonyl (C=O) groups excluding carboxylic acids is 1. The molecule has 1 aromatic heterocycles. The highest BCUT2D eigenvalue weighted by atomic mass is 19.1. The molecule has 0 saturated heterocycles. The molecule has 0 radical (unpaired) electrons. The SMILES string of the molecule is Cc1ccc(C(=O)c2ccc(N(C)C)nc2)c(F)c1. The number of pyridine rings is 1. The number of ketones is 1. The molecule has 0 saturated carbocycles. The summed E-state index contributed by atoms with van der Waals surface area (Å²) in [7, 11) is 3.73. The normalized spacial score (nSPS) is 10.3. The summed E-state index contributed by atoms with van der Waals surface area (Å²) >= 11 is 0. The van der Waals surface area contributed by atoms with Crippen molar-refractivity contribution in [2.24, 2.45) is 0 Å². The van der Waals surface area contributed by atoms with Crippen LogP contribution < -0.4 is 4.90 Å². The number of carbonyl (C=O) groups is 1. The van der Waals surface area contributed by atoms with Crippen molar-refractivity contribution in [3.8, 4) is 0 Å². The predicted molar refractivity (Wildman–Crippen MR) is 73.1 cm³/mol. The predicted octanol–water partition coefficient (Wildman–Crippen LogP) is 2.83.